The average Bonchev–Trinajstić information content (AvgIpc) is 3.56. The fraction of sp³-hybridized carbons (Fsp3) is 0.429. The van der Waals surface area contributed by atoms with Crippen LogP contribution in [0.5, 0.6) is 5.75 Å². The van der Waals surface area contributed by atoms with Gasteiger partial charge in [-0.2, -0.15) is 0 Å². The first kappa shape index (κ1) is 29.1. The second-order valence-corrected chi connectivity index (χ2v) is 12.2. The molecule has 0 aromatic heterocycles. The van der Waals surface area contributed by atoms with E-state index in [1.54, 1.807) is 18.1 Å². The van der Waals surface area contributed by atoms with Crippen LogP contribution < -0.4 is 25.2 Å². The van der Waals surface area contributed by atoms with E-state index >= 15 is 0 Å². The number of likely N-dealkylation sites (N-methyl/N-ethyl adjacent to an activating group) is 1. The Morgan fingerprint density at radius 1 is 0.930 bits per heavy atom. The predicted molar refractivity (Wildman–Crippen MR) is 173 cm³/mol. The first-order valence-electron chi connectivity index (χ1n) is 15.6. The van der Waals surface area contributed by atoms with Crippen LogP contribution in [0.1, 0.15) is 61.4 Å². The number of likely N-dealkylation sites (tertiary alicyclic amines) is 1. The lowest BCUT2D eigenvalue weighted by molar-refractivity contribution is -0.119. The number of hydrogen-bond acceptors (Lipinski definition) is 6. The molecule has 43 heavy (non-hydrogen) atoms. The Kier molecular flexibility index (Phi) is 8.56. The molecular weight excluding hydrogens is 538 g/mol. The molecule has 1 saturated carbocycles. The number of carbonyl (C=O) groups excluding carboxylic acids is 2. The van der Waals surface area contributed by atoms with Crippen molar-refractivity contribution in [2.45, 2.75) is 70.1 Å². The fourth-order valence-electron chi connectivity index (χ4n) is 6.95. The molecule has 3 aromatic rings. The molecule has 1 saturated heterocycles. The topological polar surface area (TPSA) is 77.1 Å². The summed E-state index contributed by atoms with van der Waals surface area (Å²) in [6.45, 7) is 4.90. The van der Waals surface area contributed by atoms with Crippen LogP contribution in [0.4, 0.5) is 22.7 Å². The maximum atomic E-state index is 13.2. The average molecular weight is 582 g/mol. The minimum absolute atomic E-state index is 0.0750. The van der Waals surface area contributed by atoms with Crippen LogP contribution >= 0.6 is 0 Å². The van der Waals surface area contributed by atoms with Gasteiger partial charge in [0.15, 0.2) is 0 Å². The number of amides is 2. The van der Waals surface area contributed by atoms with E-state index < -0.39 is 0 Å². The van der Waals surface area contributed by atoms with Gasteiger partial charge in [0.05, 0.1) is 24.2 Å². The van der Waals surface area contributed by atoms with E-state index in [9.17, 15) is 9.59 Å². The van der Waals surface area contributed by atoms with E-state index in [4.69, 9.17) is 4.74 Å². The highest BCUT2D eigenvalue weighted by atomic mass is 16.5. The maximum absolute atomic E-state index is 13.2. The summed E-state index contributed by atoms with van der Waals surface area (Å²) >= 11 is 0. The Morgan fingerprint density at radius 2 is 1.67 bits per heavy atom. The summed E-state index contributed by atoms with van der Waals surface area (Å²) in [7, 11) is 3.49. The van der Waals surface area contributed by atoms with Gasteiger partial charge in [-0.05, 0) is 74.6 Å². The van der Waals surface area contributed by atoms with Crippen molar-refractivity contribution in [2.24, 2.45) is 0 Å². The molecule has 2 N–H and O–H groups in total. The number of fused-ring (bicyclic) bond motifs is 1. The molecule has 2 amide bonds. The number of anilines is 4. The van der Waals surface area contributed by atoms with Gasteiger partial charge in [0.1, 0.15) is 11.8 Å². The summed E-state index contributed by atoms with van der Waals surface area (Å²) in [5, 5.41) is 6.74. The predicted octanol–water partition coefficient (Wildman–Crippen LogP) is 5.95. The lowest BCUT2D eigenvalue weighted by Crippen LogP contribution is -2.54. The van der Waals surface area contributed by atoms with Crippen LogP contribution in [0, 0.1) is 0 Å². The SMILES string of the molecule is COc1cc(C(=O)NC2CCN(Cc3ccccc3)CC2)ccc1Nc1ccc2c(c1)N(C1CCCC1)[C@H](C)C(=O)N2C. The minimum atomic E-state index is -0.195. The molecule has 2 heterocycles. The largest absolute Gasteiger partial charge is 0.495 e. The third kappa shape index (κ3) is 6.20. The van der Waals surface area contributed by atoms with Gasteiger partial charge in [0, 0.05) is 50.0 Å². The first-order chi connectivity index (χ1) is 20.9. The zero-order valence-corrected chi connectivity index (χ0v) is 25.5. The smallest absolute Gasteiger partial charge is 0.251 e. The third-order valence-electron chi connectivity index (χ3n) is 9.35. The van der Waals surface area contributed by atoms with Crippen LogP contribution in [0.2, 0.25) is 0 Å². The van der Waals surface area contributed by atoms with Crippen molar-refractivity contribution < 1.29 is 14.3 Å². The second-order valence-electron chi connectivity index (χ2n) is 12.2. The van der Waals surface area contributed by atoms with E-state index in [0.29, 0.717) is 17.4 Å². The van der Waals surface area contributed by atoms with Gasteiger partial charge in [-0.3, -0.25) is 14.5 Å². The summed E-state index contributed by atoms with van der Waals surface area (Å²) in [6.07, 6.45) is 6.51. The van der Waals surface area contributed by atoms with Crippen molar-refractivity contribution in [3.05, 3.63) is 77.9 Å². The van der Waals surface area contributed by atoms with Crippen molar-refractivity contribution in [3.8, 4) is 5.75 Å². The summed E-state index contributed by atoms with van der Waals surface area (Å²) in [5.74, 6) is 0.666. The number of methoxy groups -OCH3 is 1. The molecule has 0 radical (unpaired) electrons. The van der Waals surface area contributed by atoms with Crippen molar-refractivity contribution in [1.82, 2.24) is 10.2 Å². The number of carbonyl (C=O) groups is 2. The number of benzene rings is 3. The van der Waals surface area contributed by atoms with Crippen LogP contribution in [0.3, 0.4) is 0 Å². The summed E-state index contributed by atoms with van der Waals surface area (Å²) in [5.41, 5.74) is 5.62. The van der Waals surface area contributed by atoms with Crippen molar-refractivity contribution >= 4 is 34.6 Å². The monoisotopic (exact) mass is 581 g/mol. The zero-order valence-electron chi connectivity index (χ0n) is 25.5. The molecule has 8 heteroatoms. The van der Waals surface area contributed by atoms with Gasteiger partial charge < -0.3 is 25.2 Å². The molecule has 226 valence electrons. The molecule has 1 atom stereocenters. The summed E-state index contributed by atoms with van der Waals surface area (Å²) in [4.78, 5) is 32.8. The molecule has 2 fully saturated rings. The number of nitrogens with zero attached hydrogens (tertiary/aromatic N) is 3. The molecule has 6 rings (SSSR count). The molecule has 8 nitrogen and oxygen atoms in total. The minimum Gasteiger partial charge on any atom is -0.495 e. The van der Waals surface area contributed by atoms with E-state index in [-0.39, 0.29) is 23.9 Å². The Balaban J connectivity index is 1.12. The highest BCUT2D eigenvalue weighted by Crippen LogP contribution is 2.42. The van der Waals surface area contributed by atoms with Gasteiger partial charge in [-0.15, -0.1) is 0 Å². The van der Waals surface area contributed by atoms with E-state index in [1.807, 2.05) is 44.3 Å². The van der Waals surface area contributed by atoms with Crippen molar-refractivity contribution in [1.29, 1.82) is 0 Å². The number of hydrogen-bond donors (Lipinski definition) is 2. The quantitative estimate of drug-likeness (QED) is 0.343. The van der Waals surface area contributed by atoms with Gasteiger partial charge >= 0.3 is 0 Å². The molecule has 0 unspecified atom stereocenters. The van der Waals surface area contributed by atoms with E-state index in [0.717, 1.165) is 68.1 Å². The Hall–Kier alpha value is -4.04. The van der Waals surface area contributed by atoms with Gasteiger partial charge in [-0.1, -0.05) is 43.2 Å². The van der Waals surface area contributed by atoms with Gasteiger partial charge in [0.25, 0.3) is 5.91 Å². The molecule has 3 aliphatic rings. The van der Waals surface area contributed by atoms with Crippen LogP contribution in [0.25, 0.3) is 0 Å². The number of ether oxygens (including phenoxy) is 1. The Bertz CT molecular complexity index is 1450. The Morgan fingerprint density at radius 3 is 2.40 bits per heavy atom. The standard InChI is InChI=1S/C35H43N5O3/c1-24-35(42)38(2)31-16-14-28(22-32(31)40(24)29-11-7-8-12-29)36-30-15-13-26(21-33(30)43-3)34(41)37-27-17-19-39(20-18-27)23-25-9-5-4-6-10-25/h4-6,9-10,13-16,21-22,24,27,29,36H,7-8,11-12,17-20,23H2,1-3H3,(H,37,41)/t24-/m1/s1. The van der Waals surface area contributed by atoms with Gasteiger partial charge in [-0.25, -0.2) is 0 Å². The number of piperidine rings is 1. The summed E-state index contributed by atoms with van der Waals surface area (Å²) < 4.78 is 5.72. The lowest BCUT2D eigenvalue weighted by Gasteiger charge is -2.43. The number of rotatable bonds is 8. The maximum Gasteiger partial charge on any atom is 0.251 e. The molecule has 0 bridgehead atoms. The zero-order chi connectivity index (χ0) is 29.9. The normalized spacial score (nSPS) is 19.8. The fourth-order valence-corrected chi connectivity index (χ4v) is 6.95. The highest BCUT2D eigenvalue weighted by Gasteiger charge is 2.38. The second kappa shape index (κ2) is 12.7. The number of nitrogens with one attached hydrogen (secondary N) is 2. The lowest BCUT2D eigenvalue weighted by atomic mass is 10.0. The van der Waals surface area contributed by atoms with Crippen molar-refractivity contribution in [2.75, 3.05) is 42.4 Å². The van der Waals surface area contributed by atoms with E-state index in [2.05, 4.69) is 50.8 Å². The Labute approximate surface area is 255 Å². The highest BCUT2D eigenvalue weighted by molar-refractivity contribution is 6.05. The first-order valence-corrected chi connectivity index (χ1v) is 15.6. The van der Waals surface area contributed by atoms with E-state index in [1.165, 1.54) is 18.4 Å². The molecule has 2 aliphatic heterocycles. The van der Waals surface area contributed by atoms with Gasteiger partial charge in [0.2, 0.25) is 5.91 Å². The van der Waals surface area contributed by atoms with Crippen LogP contribution in [-0.4, -0.2) is 62.1 Å². The molecule has 3 aromatic carbocycles. The van der Waals surface area contributed by atoms with Crippen molar-refractivity contribution in [3.63, 3.8) is 0 Å². The molecule has 0 spiro atoms. The molecular formula is C35H43N5O3. The third-order valence-corrected chi connectivity index (χ3v) is 9.35. The summed E-state index contributed by atoms with van der Waals surface area (Å²) in [6, 6.07) is 22.6. The molecule has 1 aliphatic carbocycles. The van der Waals surface area contributed by atoms with Crippen LogP contribution in [0.15, 0.2) is 66.7 Å². The van der Waals surface area contributed by atoms with Crippen LogP contribution in [-0.2, 0) is 11.3 Å².